The number of pyridine rings is 1. The van der Waals surface area contributed by atoms with Gasteiger partial charge in [0.1, 0.15) is 0 Å². The third-order valence-electron chi connectivity index (χ3n) is 3.78. The van der Waals surface area contributed by atoms with Gasteiger partial charge in [-0.2, -0.15) is 0 Å². The molecule has 2 rings (SSSR count). The van der Waals surface area contributed by atoms with Gasteiger partial charge < -0.3 is 10.6 Å². The highest BCUT2D eigenvalue weighted by atomic mass is 15.2. The fourth-order valence-corrected chi connectivity index (χ4v) is 2.68. The standard InChI is InChI=1S/C14H24N4/c1-17(12-13-3-2-7-16-11-13)14-4-8-18(9-5-14)10-6-15/h2-3,7,11,14H,4-6,8-10,12,15H2,1H3. The molecule has 1 saturated heterocycles. The molecule has 2 N–H and O–H groups in total. The van der Waals surface area contributed by atoms with Crippen molar-refractivity contribution in [2.24, 2.45) is 5.73 Å². The summed E-state index contributed by atoms with van der Waals surface area (Å²) < 4.78 is 0. The molecule has 4 nitrogen and oxygen atoms in total. The second-order valence-electron chi connectivity index (χ2n) is 5.14. The number of hydrogen-bond acceptors (Lipinski definition) is 4. The molecule has 1 aliphatic rings. The van der Waals surface area contributed by atoms with E-state index < -0.39 is 0 Å². The topological polar surface area (TPSA) is 45.4 Å². The largest absolute Gasteiger partial charge is 0.329 e. The molecule has 1 fully saturated rings. The summed E-state index contributed by atoms with van der Waals surface area (Å²) in [6.45, 7) is 5.17. The van der Waals surface area contributed by atoms with Crippen molar-refractivity contribution in [3.05, 3.63) is 30.1 Å². The number of nitrogens with two attached hydrogens (primary N) is 1. The van der Waals surface area contributed by atoms with Crippen LogP contribution in [0.15, 0.2) is 24.5 Å². The van der Waals surface area contributed by atoms with Gasteiger partial charge >= 0.3 is 0 Å². The van der Waals surface area contributed by atoms with Gasteiger partial charge in [-0.3, -0.25) is 9.88 Å². The average molecular weight is 248 g/mol. The normalized spacial score (nSPS) is 18.4. The van der Waals surface area contributed by atoms with E-state index in [4.69, 9.17) is 5.73 Å². The molecule has 18 heavy (non-hydrogen) atoms. The van der Waals surface area contributed by atoms with Gasteiger partial charge in [-0.25, -0.2) is 0 Å². The monoisotopic (exact) mass is 248 g/mol. The zero-order chi connectivity index (χ0) is 12.8. The third-order valence-corrected chi connectivity index (χ3v) is 3.78. The highest BCUT2D eigenvalue weighted by Gasteiger charge is 2.21. The van der Waals surface area contributed by atoms with Crippen LogP contribution in [0, 0.1) is 0 Å². The van der Waals surface area contributed by atoms with E-state index in [1.807, 2.05) is 18.5 Å². The fraction of sp³-hybridized carbons (Fsp3) is 0.643. The van der Waals surface area contributed by atoms with Crippen LogP contribution in [0.5, 0.6) is 0 Å². The molecule has 1 aromatic heterocycles. The Labute approximate surface area is 110 Å². The molecule has 0 amide bonds. The number of piperidine rings is 1. The quantitative estimate of drug-likeness (QED) is 0.842. The van der Waals surface area contributed by atoms with Crippen molar-refractivity contribution < 1.29 is 0 Å². The molecule has 0 radical (unpaired) electrons. The van der Waals surface area contributed by atoms with Crippen molar-refractivity contribution in [2.75, 3.05) is 33.2 Å². The predicted molar refractivity (Wildman–Crippen MR) is 74.2 cm³/mol. The molecule has 0 aromatic carbocycles. The van der Waals surface area contributed by atoms with Gasteiger partial charge in [0.15, 0.2) is 0 Å². The summed E-state index contributed by atoms with van der Waals surface area (Å²) in [6.07, 6.45) is 6.28. The number of nitrogens with zero attached hydrogens (tertiary/aromatic N) is 3. The zero-order valence-corrected chi connectivity index (χ0v) is 11.3. The first-order valence-corrected chi connectivity index (χ1v) is 6.81. The lowest BCUT2D eigenvalue weighted by Crippen LogP contribution is -2.44. The molecule has 0 unspecified atom stereocenters. The molecule has 0 saturated carbocycles. The maximum Gasteiger partial charge on any atom is 0.0312 e. The van der Waals surface area contributed by atoms with Crippen molar-refractivity contribution in [2.45, 2.75) is 25.4 Å². The maximum atomic E-state index is 5.60. The highest BCUT2D eigenvalue weighted by molar-refractivity contribution is 5.08. The first-order chi connectivity index (χ1) is 8.79. The summed E-state index contributed by atoms with van der Waals surface area (Å²) in [5, 5.41) is 0. The first-order valence-electron chi connectivity index (χ1n) is 6.81. The summed E-state index contributed by atoms with van der Waals surface area (Å²) in [7, 11) is 2.22. The number of likely N-dealkylation sites (tertiary alicyclic amines) is 1. The van der Waals surface area contributed by atoms with Crippen LogP contribution in [0.3, 0.4) is 0 Å². The van der Waals surface area contributed by atoms with Crippen molar-refractivity contribution in [1.29, 1.82) is 0 Å². The second kappa shape index (κ2) is 6.83. The smallest absolute Gasteiger partial charge is 0.0312 e. The molecule has 1 aromatic rings. The third kappa shape index (κ3) is 3.77. The SMILES string of the molecule is CN(Cc1cccnc1)C1CCN(CCN)CC1. The molecular weight excluding hydrogens is 224 g/mol. The molecule has 0 spiro atoms. The molecule has 0 atom stereocenters. The summed E-state index contributed by atoms with van der Waals surface area (Å²) >= 11 is 0. The van der Waals surface area contributed by atoms with Gasteiger partial charge in [0.05, 0.1) is 0 Å². The minimum absolute atomic E-state index is 0.694. The number of hydrogen-bond donors (Lipinski definition) is 1. The van der Waals surface area contributed by atoms with E-state index in [9.17, 15) is 0 Å². The Morgan fingerprint density at radius 3 is 2.83 bits per heavy atom. The number of aromatic nitrogens is 1. The van der Waals surface area contributed by atoms with Crippen LogP contribution >= 0.6 is 0 Å². The summed E-state index contributed by atoms with van der Waals surface area (Å²) in [5.74, 6) is 0. The molecule has 2 heterocycles. The fourth-order valence-electron chi connectivity index (χ4n) is 2.68. The summed E-state index contributed by atoms with van der Waals surface area (Å²) in [4.78, 5) is 9.09. The van der Waals surface area contributed by atoms with Crippen molar-refractivity contribution >= 4 is 0 Å². The lowest BCUT2D eigenvalue weighted by Gasteiger charge is -2.36. The highest BCUT2D eigenvalue weighted by Crippen LogP contribution is 2.16. The average Bonchev–Trinajstić information content (AvgIpc) is 2.41. The van der Waals surface area contributed by atoms with Crippen molar-refractivity contribution in [3.8, 4) is 0 Å². The van der Waals surface area contributed by atoms with E-state index in [0.717, 1.165) is 19.6 Å². The van der Waals surface area contributed by atoms with Crippen molar-refractivity contribution in [3.63, 3.8) is 0 Å². The zero-order valence-electron chi connectivity index (χ0n) is 11.3. The Balaban J connectivity index is 1.79. The lowest BCUT2D eigenvalue weighted by atomic mass is 10.0. The van der Waals surface area contributed by atoms with Crippen LogP contribution in [-0.4, -0.2) is 54.1 Å². The number of rotatable bonds is 5. The minimum Gasteiger partial charge on any atom is -0.329 e. The van der Waals surface area contributed by atoms with Gasteiger partial charge in [-0.1, -0.05) is 6.07 Å². The lowest BCUT2D eigenvalue weighted by molar-refractivity contribution is 0.125. The predicted octanol–water partition coefficient (Wildman–Crippen LogP) is 0.937. The molecule has 100 valence electrons. The van der Waals surface area contributed by atoms with Gasteiger partial charge in [0, 0.05) is 38.1 Å². The maximum absolute atomic E-state index is 5.60. The van der Waals surface area contributed by atoms with Crippen LogP contribution in [0.25, 0.3) is 0 Å². The summed E-state index contributed by atoms with van der Waals surface area (Å²) in [6, 6.07) is 4.85. The van der Waals surface area contributed by atoms with Gasteiger partial charge in [-0.15, -0.1) is 0 Å². The van der Waals surface area contributed by atoms with E-state index in [2.05, 4.69) is 27.9 Å². The molecular formula is C14H24N4. The van der Waals surface area contributed by atoms with E-state index in [0.29, 0.717) is 6.04 Å². The van der Waals surface area contributed by atoms with Gasteiger partial charge in [-0.05, 0) is 44.6 Å². The Bertz CT molecular complexity index is 333. The Morgan fingerprint density at radius 2 is 2.22 bits per heavy atom. The van der Waals surface area contributed by atoms with Crippen molar-refractivity contribution in [1.82, 2.24) is 14.8 Å². The van der Waals surface area contributed by atoms with Crippen LogP contribution in [0.4, 0.5) is 0 Å². The van der Waals surface area contributed by atoms with Gasteiger partial charge in [0.2, 0.25) is 0 Å². The van der Waals surface area contributed by atoms with E-state index in [-0.39, 0.29) is 0 Å². The van der Waals surface area contributed by atoms with E-state index in [1.165, 1.54) is 31.5 Å². The first kappa shape index (κ1) is 13.5. The van der Waals surface area contributed by atoms with Crippen LogP contribution < -0.4 is 5.73 Å². The van der Waals surface area contributed by atoms with Gasteiger partial charge in [0.25, 0.3) is 0 Å². The molecule has 0 bridgehead atoms. The minimum atomic E-state index is 0.694. The van der Waals surface area contributed by atoms with E-state index >= 15 is 0 Å². The van der Waals surface area contributed by atoms with Crippen LogP contribution in [0.2, 0.25) is 0 Å². The van der Waals surface area contributed by atoms with E-state index in [1.54, 1.807) is 0 Å². The molecule has 0 aliphatic carbocycles. The summed E-state index contributed by atoms with van der Waals surface area (Å²) in [5.41, 5.74) is 6.89. The Hall–Kier alpha value is -0.970. The molecule has 1 aliphatic heterocycles. The van der Waals surface area contributed by atoms with Crippen LogP contribution in [-0.2, 0) is 6.54 Å². The second-order valence-corrected chi connectivity index (χ2v) is 5.14. The van der Waals surface area contributed by atoms with Crippen LogP contribution in [0.1, 0.15) is 18.4 Å². The molecule has 4 heteroatoms. The Kier molecular flexibility index (Phi) is 5.11. The Morgan fingerprint density at radius 1 is 1.44 bits per heavy atom.